The van der Waals surface area contributed by atoms with E-state index in [1.807, 2.05) is 20.8 Å². The van der Waals surface area contributed by atoms with Crippen molar-refractivity contribution in [3.8, 4) is 11.8 Å². The van der Waals surface area contributed by atoms with E-state index in [0.717, 1.165) is 12.8 Å². The molecule has 0 saturated heterocycles. The maximum absolute atomic E-state index is 10.6. The van der Waals surface area contributed by atoms with Gasteiger partial charge >= 0.3 is 0 Å². The Bertz CT molecular complexity index is 205. The highest BCUT2D eigenvalue weighted by Gasteiger charge is 1.98. The lowest BCUT2D eigenvalue weighted by Crippen LogP contribution is -1.96. The van der Waals surface area contributed by atoms with Crippen molar-refractivity contribution in [3.05, 3.63) is 12.7 Å². The van der Waals surface area contributed by atoms with Gasteiger partial charge in [-0.05, 0) is 13.3 Å². The van der Waals surface area contributed by atoms with Crippen LogP contribution in [0, 0.1) is 17.8 Å². The van der Waals surface area contributed by atoms with Gasteiger partial charge in [0, 0.05) is 18.8 Å². The molecule has 0 spiro atoms. The molecule has 0 saturated carbocycles. The molecule has 0 fully saturated rings. The summed E-state index contributed by atoms with van der Waals surface area (Å²) in [5.74, 6) is 6.62. The minimum Gasteiger partial charge on any atom is -0.300 e. The van der Waals surface area contributed by atoms with Crippen molar-refractivity contribution < 1.29 is 4.79 Å². The molecule has 0 heterocycles. The summed E-state index contributed by atoms with van der Waals surface area (Å²) in [6.45, 7) is 11.2. The quantitative estimate of drug-likeness (QED) is 0.493. The molecule has 1 heteroatoms. The molecule has 1 atom stereocenters. The third kappa shape index (κ3) is 13.6. The highest BCUT2D eigenvalue weighted by molar-refractivity contribution is 5.75. The summed E-state index contributed by atoms with van der Waals surface area (Å²) in [6, 6.07) is 0. The number of Topliss-reactive ketones (excluding diaryl/α,β-unsaturated/α-hetero) is 1. The number of allylic oxidation sites excluding steroid dienone is 1. The molecule has 0 aliphatic rings. The maximum atomic E-state index is 10.6. The molecule has 0 aromatic carbocycles. The number of hydrogen-bond acceptors (Lipinski definition) is 1. The van der Waals surface area contributed by atoms with E-state index >= 15 is 0 Å². The van der Waals surface area contributed by atoms with Crippen molar-refractivity contribution in [1.82, 2.24) is 0 Å². The number of ketones is 1. The fourth-order valence-electron chi connectivity index (χ4n) is 0.797. The third-order valence-electron chi connectivity index (χ3n) is 1.52. The predicted octanol–water partition coefficient (Wildman–Crippen LogP) is 3.60. The molecule has 0 N–H and O–H groups in total. The van der Waals surface area contributed by atoms with Gasteiger partial charge in [0.25, 0.3) is 0 Å². The molecule has 0 aromatic heterocycles. The first-order valence-corrected chi connectivity index (χ1v) is 5.25. The first-order chi connectivity index (χ1) is 6.66. The molecule has 80 valence electrons. The Morgan fingerprint density at radius 3 is 2.50 bits per heavy atom. The van der Waals surface area contributed by atoms with E-state index in [1.54, 1.807) is 13.0 Å². The van der Waals surface area contributed by atoms with E-state index in [0.29, 0.717) is 12.3 Å². The maximum Gasteiger partial charge on any atom is 0.129 e. The van der Waals surface area contributed by atoms with Gasteiger partial charge in [0.05, 0.1) is 0 Å². The highest BCUT2D eigenvalue weighted by atomic mass is 16.1. The Balaban J connectivity index is 0. The normalized spacial score (nSPS) is 10.0. The van der Waals surface area contributed by atoms with Crippen LogP contribution in [0.4, 0.5) is 0 Å². The average Bonchev–Trinajstić information content (AvgIpc) is 2.18. The van der Waals surface area contributed by atoms with Crippen LogP contribution in [0.1, 0.15) is 47.0 Å². The lowest BCUT2D eigenvalue weighted by atomic mass is 10.0. The fourth-order valence-corrected chi connectivity index (χ4v) is 0.797. The summed E-state index contributed by atoms with van der Waals surface area (Å²) in [5.41, 5.74) is 0. The van der Waals surface area contributed by atoms with Crippen molar-refractivity contribution in [2.75, 3.05) is 0 Å². The zero-order valence-corrected chi connectivity index (χ0v) is 9.89. The second-order valence-electron chi connectivity index (χ2n) is 2.96. The van der Waals surface area contributed by atoms with Crippen LogP contribution in [0.3, 0.4) is 0 Å². The average molecular weight is 194 g/mol. The molecule has 0 aliphatic carbocycles. The molecule has 1 nitrogen and oxygen atoms in total. The number of carbonyl (C=O) groups is 1. The zero-order valence-electron chi connectivity index (χ0n) is 9.89. The summed E-state index contributed by atoms with van der Waals surface area (Å²) in [6.07, 6.45) is 4.04. The first-order valence-electron chi connectivity index (χ1n) is 5.25. The van der Waals surface area contributed by atoms with Crippen LogP contribution < -0.4 is 0 Å². The van der Waals surface area contributed by atoms with E-state index in [-0.39, 0.29) is 5.78 Å². The van der Waals surface area contributed by atoms with Gasteiger partial charge in [0.2, 0.25) is 0 Å². The lowest BCUT2D eigenvalue weighted by molar-refractivity contribution is -0.117. The van der Waals surface area contributed by atoms with Gasteiger partial charge in [-0.1, -0.05) is 38.7 Å². The molecular formula is C13H22O. The summed E-state index contributed by atoms with van der Waals surface area (Å²) in [4.78, 5) is 10.6. The summed E-state index contributed by atoms with van der Waals surface area (Å²) in [5, 5.41) is 0. The van der Waals surface area contributed by atoms with E-state index in [1.165, 1.54) is 0 Å². The number of hydrogen-bond donors (Lipinski definition) is 0. The standard InChI is InChI=1S/C11H16O.C2H6/c1-4-5-6-7-10(2)8-9-11(3)12;1-2/h4,10H,1,5,8-9H2,2-3H3;1-2H3. The van der Waals surface area contributed by atoms with Crippen molar-refractivity contribution in [2.24, 2.45) is 5.92 Å². The van der Waals surface area contributed by atoms with Crippen LogP contribution in [0.15, 0.2) is 12.7 Å². The fraction of sp³-hybridized carbons (Fsp3) is 0.615. The first kappa shape index (κ1) is 15.4. The Hall–Kier alpha value is -1.03. The zero-order chi connectivity index (χ0) is 11.4. The van der Waals surface area contributed by atoms with E-state index in [9.17, 15) is 4.79 Å². The Kier molecular flexibility index (Phi) is 13.2. The second-order valence-corrected chi connectivity index (χ2v) is 2.96. The van der Waals surface area contributed by atoms with Gasteiger partial charge in [-0.3, -0.25) is 0 Å². The number of carbonyl (C=O) groups excluding carboxylic acids is 1. The topological polar surface area (TPSA) is 17.1 Å². The monoisotopic (exact) mass is 194 g/mol. The van der Waals surface area contributed by atoms with E-state index in [4.69, 9.17) is 0 Å². The van der Waals surface area contributed by atoms with Crippen molar-refractivity contribution in [2.45, 2.75) is 47.0 Å². The second kappa shape index (κ2) is 12.0. The Labute approximate surface area is 88.6 Å². The smallest absolute Gasteiger partial charge is 0.129 e. The minimum atomic E-state index is 0.243. The molecule has 0 radical (unpaired) electrons. The summed E-state index contributed by atoms with van der Waals surface area (Å²) >= 11 is 0. The summed E-state index contributed by atoms with van der Waals surface area (Å²) in [7, 11) is 0. The van der Waals surface area contributed by atoms with Crippen LogP contribution in [0.2, 0.25) is 0 Å². The lowest BCUT2D eigenvalue weighted by Gasteiger charge is -1.99. The van der Waals surface area contributed by atoms with Crippen LogP contribution in [-0.2, 0) is 4.79 Å². The number of rotatable bonds is 4. The van der Waals surface area contributed by atoms with E-state index < -0.39 is 0 Å². The van der Waals surface area contributed by atoms with Gasteiger partial charge in [-0.15, -0.1) is 6.58 Å². The molecule has 1 unspecified atom stereocenters. The third-order valence-corrected chi connectivity index (χ3v) is 1.52. The van der Waals surface area contributed by atoms with Crippen molar-refractivity contribution in [1.29, 1.82) is 0 Å². The largest absolute Gasteiger partial charge is 0.300 e. The molecule has 0 bridgehead atoms. The van der Waals surface area contributed by atoms with Crippen molar-refractivity contribution >= 4 is 5.78 Å². The van der Waals surface area contributed by atoms with Gasteiger partial charge < -0.3 is 4.79 Å². The SMILES string of the molecule is C=CCC#CC(C)CCC(C)=O.CC. The van der Waals surface area contributed by atoms with Crippen LogP contribution in [-0.4, -0.2) is 5.78 Å². The van der Waals surface area contributed by atoms with Gasteiger partial charge in [-0.2, -0.15) is 0 Å². The van der Waals surface area contributed by atoms with Gasteiger partial charge in [-0.25, -0.2) is 0 Å². The Morgan fingerprint density at radius 2 is 2.07 bits per heavy atom. The Morgan fingerprint density at radius 1 is 1.50 bits per heavy atom. The predicted molar refractivity (Wildman–Crippen MR) is 63.0 cm³/mol. The van der Waals surface area contributed by atoms with Crippen LogP contribution in [0.5, 0.6) is 0 Å². The van der Waals surface area contributed by atoms with Gasteiger partial charge in [0.15, 0.2) is 0 Å². The van der Waals surface area contributed by atoms with Crippen LogP contribution in [0.25, 0.3) is 0 Å². The van der Waals surface area contributed by atoms with E-state index in [2.05, 4.69) is 18.4 Å². The molecule has 14 heavy (non-hydrogen) atoms. The minimum absolute atomic E-state index is 0.243. The summed E-state index contributed by atoms with van der Waals surface area (Å²) < 4.78 is 0. The van der Waals surface area contributed by atoms with Crippen molar-refractivity contribution in [3.63, 3.8) is 0 Å². The van der Waals surface area contributed by atoms with Gasteiger partial charge in [0.1, 0.15) is 5.78 Å². The molecule has 0 aromatic rings. The molecule has 0 aliphatic heterocycles. The molecule has 0 amide bonds. The highest BCUT2D eigenvalue weighted by Crippen LogP contribution is 2.03. The van der Waals surface area contributed by atoms with Crippen LogP contribution >= 0.6 is 0 Å². The molecule has 0 rings (SSSR count). The molecular weight excluding hydrogens is 172 g/mol.